The van der Waals surface area contributed by atoms with Crippen molar-refractivity contribution in [2.75, 3.05) is 14.1 Å². The number of aliphatic imine (C=N–C) groups is 1. The summed E-state index contributed by atoms with van der Waals surface area (Å²) in [5.41, 5.74) is 1.79. The molecule has 2 unspecified atom stereocenters. The summed E-state index contributed by atoms with van der Waals surface area (Å²) in [5.74, 6) is 0.852. The van der Waals surface area contributed by atoms with E-state index in [1.165, 1.54) is 32.1 Å². The Kier molecular flexibility index (Phi) is 7.51. The highest BCUT2D eigenvalue weighted by Crippen LogP contribution is 2.32. The van der Waals surface area contributed by atoms with Crippen molar-refractivity contribution in [2.45, 2.75) is 56.8 Å². The molecule has 2 fully saturated rings. The Balaban J connectivity index is 0.00000225. The number of nitriles is 1. The highest BCUT2D eigenvalue weighted by molar-refractivity contribution is 14.0. The van der Waals surface area contributed by atoms with Crippen molar-refractivity contribution in [3.8, 4) is 6.07 Å². The van der Waals surface area contributed by atoms with Crippen molar-refractivity contribution in [3.05, 3.63) is 35.4 Å². The number of benzene rings is 1. The molecule has 2 bridgehead atoms. The van der Waals surface area contributed by atoms with Crippen LogP contribution in [0.5, 0.6) is 0 Å². The molecule has 2 heterocycles. The van der Waals surface area contributed by atoms with Gasteiger partial charge in [0.1, 0.15) is 0 Å². The summed E-state index contributed by atoms with van der Waals surface area (Å²) in [5, 5.41) is 16.0. The second-order valence-electron chi connectivity index (χ2n) is 6.95. The summed E-state index contributed by atoms with van der Waals surface area (Å²) < 4.78 is 0. The molecule has 0 amide bonds. The predicted molar refractivity (Wildman–Crippen MR) is 112 cm³/mol. The molecule has 2 aliphatic heterocycles. The van der Waals surface area contributed by atoms with E-state index in [1.54, 1.807) is 0 Å². The fraction of sp³-hybridized carbons (Fsp3) is 0.579. The number of nitrogens with zero attached hydrogens (tertiary/aromatic N) is 3. The van der Waals surface area contributed by atoms with E-state index in [0.717, 1.165) is 11.5 Å². The maximum Gasteiger partial charge on any atom is 0.191 e. The first-order valence-electron chi connectivity index (χ1n) is 8.87. The molecule has 1 aromatic rings. The molecule has 136 valence electrons. The normalized spacial score (nSPS) is 26.3. The van der Waals surface area contributed by atoms with Gasteiger partial charge in [-0.05, 0) is 50.4 Å². The number of halogens is 1. The summed E-state index contributed by atoms with van der Waals surface area (Å²) in [6, 6.07) is 11.8. The van der Waals surface area contributed by atoms with Gasteiger partial charge in [0.15, 0.2) is 5.96 Å². The van der Waals surface area contributed by atoms with Crippen molar-refractivity contribution in [3.63, 3.8) is 0 Å². The Morgan fingerprint density at radius 2 is 2.04 bits per heavy atom. The maximum absolute atomic E-state index is 8.99. The van der Waals surface area contributed by atoms with Crippen molar-refractivity contribution in [1.29, 1.82) is 5.26 Å². The second kappa shape index (κ2) is 9.39. The summed E-state index contributed by atoms with van der Waals surface area (Å²) in [7, 11) is 4.09. The number of guanidine groups is 1. The Labute approximate surface area is 167 Å². The summed E-state index contributed by atoms with van der Waals surface area (Å²) in [6.45, 7) is 0.675. The molecule has 0 spiro atoms. The standard InChI is InChI=1S/C19H27N5.HI/c1-21-19(22-13-15-6-3-5-14(9-15)12-20)23-16-10-17-7-4-8-18(11-16)24(17)2;/h3,5-6,9,16-18H,4,7-8,10-11,13H2,1-2H3,(H2,21,22,23);1H. The molecule has 6 heteroatoms. The first kappa shape index (κ1) is 20.0. The number of rotatable bonds is 3. The summed E-state index contributed by atoms with van der Waals surface area (Å²) in [6.07, 6.45) is 6.39. The lowest BCUT2D eigenvalue weighted by atomic mass is 9.82. The number of piperidine rings is 2. The highest BCUT2D eigenvalue weighted by Gasteiger charge is 2.36. The van der Waals surface area contributed by atoms with Gasteiger partial charge in [0.2, 0.25) is 0 Å². The van der Waals surface area contributed by atoms with Gasteiger partial charge in [0.25, 0.3) is 0 Å². The van der Waals surface area contributed by atoms with Crippen LogP contribution >= 0.6 is 24.0 Å². The average molecular weight is 453 g/mol. The minimum atomic E-state index is 0. The number of fused-ring (bicyclic) bond motifs is 2. The quantitative estimate of drug-likeness (QED) is 0.420. The second-order valence-corrected chi connectivity index (χ2v) is 6.95. The van der Waals surface area contributed by atoms with Crippen molar-refractivity contribution in [1.82, 2.24) is 15.5 Å². The SMILES string of the molecule is CN=C(NCc1cccc(C#N)c1)NC1CC2CCCC(C1)N2C.I. The van der Waals surface area contributed by atoms with E-state index in [0.29, 0.717) is 30.2 Å². The Morgan fingerprint density at radius 1 is 1.32 bits per heavy atom. The molecule has 1 aromatic carbocycles. The number of hydrogen-bond acceptors (Lipinski definition) is 3. The molecular weight excluding hydrogens is 425 g/mol. The molecule has 25 heavy (non-hydrogen) atoms. The van der Waals surface area contributed by atoms with Crippen LogP contribution in [0.3, 0.4) is 0 Å². The van der Waals surface area contributed by atoms with Crippen LogP contribution in [-0.2, 0) is 6.54 Å². The van der Waals surface area contributed by atoms with E-state index in [2.05, 4.69) is 33.6 Å². The molecule has 0 aliphatic carbocycles. The Hall–Kier alpha value is -1.33. The molecule has 3 rings (SSSR count). The van der Waals surface area contributed by atoms with Crippen LogP contribution in [0.25, 0.3) is 0 Å². The summed E-state index contributed by atoms with van der Waals surface area (Å²) >= 11 is 0. The molecule has 0 radical (unpaired) electrons. The van der Waals surface area contributed by atoms with E-state index in [4.69, 9.17) is 5.26 Å². The number of nitrogens with one attached hydrogen (secondary N) is 2. The van der Waals surface area contributed by atoms with Crippen molar-refractivity contribution >= 4 is 29.9 Å². The van der Waals surface area contributed by atoms with Crippen LogP contribution in [-0.4, -0.2) is 43.1 Å². The van der Waals surface area contributed by atoms with E-state index in [-0.39, 0.29) is 24.0 Å². The smallest absolute Gasteiger partial charge is 0.191 e. The number of hydrogen-bond donors (Lipinski definition) is 2. The van der Waals surface area contributed by atoms with Crippen LogP contribution in [0, 0.1) is 11.3 Å². The molecule has 2 aliphatic rings. The third-order valence-corrected chi connectivity index (χ3v) is 5.42. The van der Waals surface area contributed by atoms with E-state index in [1.807, 2.05) is 31.3 Å². The zero-order valence-electron chi connectivity index (χ0n) is 15.0. The van der Waals surface area contributed by atoms with Gasteiger partial charge >= 0.3 is 0 Å². The monoisotopic (exact) mass is 453 g/mol. The van der Waals surface area contributed by atoms with Gasteiger partial charge in [-0.2, -0.15) is 5.26 Å². The third-order valence-electron chi connectivity index (χ3n) is 5.42. The average Bonchev–Trinajstić information content (AvgIpc) is 2.59. The fourth-order valence-electron chi connectivity index (χ4n) is 4.06. The van der Waals surface area contributed by atoms with E-state index in [9.17, 15) is 0 Å². The van der Waals surface area contributed by atoms with Crippen LogP contribution in [0.15, 0.2) is 29.3 Å². The van der Waals surface area contributed by atoms with E-state index >= 15 is 0 Å². The zero-order valence-corrected chi connectivity index (χ0v) is 17.4. The zero-order chi connectivity index (χ0) is 16.9. The molecule has 5 nitrogen and oxygen atoms in total. The van der Waals surface area contributed by atoms with Gasteiger partial charge in [-0.3, -0.25) is 4.99 Å². The highest BCUT2D eigenvalue weighted by atomic mass is 127. The molecule has 2 saturated heterocycles. The Bertz CT molecular complexity index is 625. The van der Waals surface area contributed by atoms with Gasteiger partial charge < -0.3 is 15.5 Å². The van der Waals surface area contributed by atoms with Crippen LogP contribution < -0.4 is 10.6 Å². The predicted octanol–water partition coefficient (Wildman–Crippen LogP) is 2.86. The van der Waals surface area contributed by atoms with Gasteiger partial charge in [0.05, 0.1) is 11.6 Å². The van der Waals surface area contributed by atoms with Crippen LogP contribution in [0.1, 0.15) is 43.2 Å². The Morgan fingerprint density at radius 3 is 2.68 bits per heavy atom. The van der Waals surface area contributed by atoms with Crippen molar-refractivity contribution < 1.29 is 0 Å². The van der Waals surface area contributed by atoms with Crippen LogP contribution in [0.2, 0.25) is 0 Å². The van der Waals surface area contributed by atoms with Gasteiger partial charge in [0, 0.05) is 31.7 Å². The van der Waals surface area contributed by atoms with Crippen molar-refractivity contribution in [2.24, 2.45) is 4.99 Å². The minimum absolute atomic E-state index is 0. The minimum Gasteiger partial charge on any atom is -0.354 e. The molecule has 2 N–H and O–H groups in total. The summed E-state index contributed by atoms with van der Waals surface area (Å²) in [4.78, 5) is 6.94. The largest absolute Gasteiger partial charge is 0.354 e. The van der Waals surface area contributed by atoms with Crippen LogP contribution in [0.4, 0.5) is 0 Å². The lowest BCUT2D eigenvalue weighted by Gasteiger charge is -2.47. The lowest BCUT2D eigenvalue weighted by Crippen LogP contribution is -2.56. The van der Waals surface area contributed by atoms with Gasteiger partial charge in [-0.25, -0.2) is 0 Å². The third kappa shape index (κ3) is 5.08. The first-order valence-corrected chi connectivity index (χ1v) is 8.87. The maximum atomic E-state index is 8.99. The molecule has 0 aromatic heterocycles. The topological polar surface area (TPSA) is 63.5 Å². The van der Waals surface area contributed by atoms with Gasteiger partial charge in [-0.15, -0.1) is 24.0 Å². The fourth-order valence-corrected chi connectivity index (χ4v) is 4.06. The first-order chi connectivity index (χ1) is 11.7. The van der Waals surface area contributed by atoms with E-state index < -0.39 is 0 Å². The molecule has 0 saturated carbocycles. The lowest BCUT2D eigenvalue weighted by molar-refractivity contribution is 0.0526. The van der Waals surface area contributed by atoms with Gasteiger partial charge in [-0.1, -0.05) is 18.6 Å². The molecule has 2 atom stereocenters. The molecular formula is C19H28IN5.